The fourth-order valence-corrected chi connectivity index (χ4v) is 2.84. The molecular formula is C26H26N2O6. The molecule has 1 unspecified atom stereocenters. The van der Waals surface area contributed by atoms with Gasteiger partial charge >= 0.3 is 5.97 Å². The number of rotatable bonds is 7. The number of nitrogens with one attached hydrogen (secondary N) is 2. The second kappa shape index (κ2) is 10.2. The van der Waals surface area contributed by atoms with Crippen LogP contribution in [0.3, 0.4) is 0 Å². The van der Waals surface area contributed by atoms with Crippen LogP contribution in [-0.2, 0) is 9.53 Å². The maximum atomic E-state index is 12.7. The highest BCUT2D eigenvalue weighted by Crippen LogP contribution is 2.19. The Labute approximate surface area is 197 Å². The third kappa shape index (κ3) is 6.19. The average Bonchev–Trinajstić information content (AvgIpc) is 3.34. The van der Waals surface area contributed by atoms with Gasteiger partial charge in [0.1, 0.15) is 0 Å². The van der Waals surface area contributed by atoms with Gasteiger partial charge in [-0.15, -0.1) is 0 Å². The van der Waals surface area contributed by atoms with E-state index in [1.54, 1.807) is 63.2 Å². The highest BCUT2D eigenvalue weighted by atomic mass is 16.5. The molecule has 1 heterocycles. The van der Waals surface area contributed by atoms with E-state index in [2.05, 4.69) is 10.6 Å². The minimum atomic E-state index is -1.01. The Morgan fingerprint density at radius 2 is 1.38 bits per heavy atom. The lowest BCUT2D eigenvalue weighted by atomic mass is 9.95. The molecule has 8 heteroatoms. The van der Waals surface area contributed by atoms with E-state index in [1.165, 1.54) is 31.4 Å². The molecular weight excluding hydrogens is 436 g/mol. The van der Waals surface area contributed by atoms with Crippen LogP contribution in [0.2, 0.25) is 0 Å². The van der Waals surface area contributed by atoms with E-state index in [0.717, 1.165) is 0 Å². The predicted octanol–water partition coefficient (Wildman–Crippen LogP) is 4.94. The van der Waals surface area contributed by atoms with E-state index in [4.69, 9.17) is 9.15 Å². The zero-order chi connectivity index (χ0) is 24.9. The van der Waals surface area contributed by atoms with Crippen LogP contribution in [0.25, 0.3) is 0 Å². The van der Waals surface area contributed by atoms with E-state index in [-0.39, 0.29) is 23.0 Å². The van der Waals surface area contributed by atoms with Gasteiger partial charge < -0.3 is 19.8 Å². The quantitative estimate of drug-likeness (QED) is 0.379. The standard InChI is InChI=1S/C26H26N2O6/c1-16(22(29)17-7-11-20(12-8-17)28-25(32)26(2,3)4)34-24(31)18-9-13-19(14-10-18)27-23(30)21-6-5-15-33-21/h5-16H,1-4H3,(H,27,30)(H,28,32). The minimum absolute atomic E-state index is 0.138. The van der Waals surface area contributed by atoms with Crippen molar-refractivity contribution in [1.29, 1.82) is 0 Å². The first-order valence-electron chi connectivity index (χ1n) is 10.7. The molecule has 0 saturated heterocycles. The fourth-order valence-electron chi connectivity index (χ4n) is 2.84. The van der Waals surface area contributed by atoms with Crippen molar-refractivity contribution >= 4 is 34.9 Å². The second-order valence-corrected chi connectivity index (χ2v) is 8.70. The van der Waals surface area contributed by atoms with Gasteiger partial charge in [-0.3, -0.25) is 14.4 Å². The molecule has 0 aliphatic heterocycles. The molecule has 0 saturated carbocycles. The smallest absolute Gasteiger partial charge is 0.338 e. The Morgan fingerprint density at radius 3 is 1.91 bits per heavy atom. The molecule has 3 rings (SSSR count). The third-order valence-electron chi connectivity index (χ3n) is 4.88. The van der Waals surface area contributed by atoms with Crippen LogP contribution in [-0.4, -0.2) is 29.7 Å². The van der Waals surface area contributed by atoms with E-state index in [9.17, 15) is 19.2 Å². The third-order valence-corrected chi connectivity index (χ3v) is 4.88. The summed E-state index contributed by atoms with van der Waals surface area (Å²) < 4.78 is 10.3. The summed E-state index contributed by atoms with van der Waals surface area (Å²) in [5.74, 6) is -1.42. The first-order valence-corrected chi connectivity index (χ1v) is 10.7. The Kier molecular flexibility index (Phi) is 7.31. The van der Waals surface area contributed by atoms with Gasteiger partial charge in [-0.2, -0.15) is 0 Å². The van der Waals surface area contributed by atoms with Crippen LogP contribution in [0.5, 0.6) is 0 Å². The van der Waals surface area contributed by atoms with Gasteiger partial charge in [-0.05, 0) is 67.6 Å². The summed E-state index contributed by atoms with van der Waals surface area (Å²) >= 11 is 0. The first-order chi connectivity index (χ1) is 16.0. The average molecular weight is 463 g/mol. The summed E-state index contributed by atoms with van der Waals surface area (Å²) in [5.41, 5.74) is 1.09. The van der Waals surface area contributed by atoms with Gasteiger partial charge in [0.2, 0.25) is 11.7 Å². The highest BCUT2D eigenvalue weighted by Gasteiger charge is 2.23. The minimum Gasteiger partial charge on any atom is -0.459 e. The fraction of sp³-hybridized carbons (Fsp3) is 0.231. The first kappa shape index (κ1) is 24.4. The largest absolute Gasteiger partial charge is 0.459 e. The van der Waals surface area contributed by atoms with Gasteiger partial charge in [-0.25, -0.2) is 4.79 Å². The monoisotopic (exact) mass is 462 g/mol. The van der Waals surface area contributed by atoms with Gasteiger partial charge in [0.05, 0.1) is 11.8 Å². The van der Waals surface area contributed by atoms with Crippen molar-refractivity contribution in [3.8, 4) is 0 Å². The molecule has 0 bridgehead atoms. The number of carbonyl (C=O) groups is 4. The molecule has 2 N–H and O–H groups in total. The number of hydrogen-bond donors (Lipinski definition) is 2. The number of ketones is 1. The predicted molar refractivity (Wildman–Crippen MR) is 127 cm³/mol. The molecule has 8 nitrogen and oxygen atoms in total. The van der Waals surface area contributed by atoms with Crippen molar-refractivity contribution in [3.63, 3.8) is 0 Å². The van der Waals surface area contributed by atoms with E-state index >= 15 is 0 Å². The number of amides is 2. The Hall–Kier alpha value is -4.20. The Bertz CT molecular complexity index is 1170. The molecule has 2 amide bonds. The molecule has 0 radical (unpaired) electrons. The molecule has 0 aliphatic rings. The summed E-state index contributed by atoms with van der Waals surface area (Å²) in [6.07, 6.45) is 0.385. The number of anilines is 2. The summed E-state index contributed by atoms with van der Waals surface area (Å²) in [7, 11) is 0. The van der Waals surface area contributed by atoms with Gasteiger partial charge in [0, 0.05) is 22.4 Å². The molecule has 176 valence electrons. The lowest BCUT2D eigenvalue weighted by Crippen LogP contribution is -2.27. The van der Waals surface area contributed by atoms with Crippen molar-refractivity contribution in [2.24, 2.45) is 5.41 Å². The molecule has 0 spiro atoms. The van der Waals surface area contributed by atoms with Crippen LogP contribution in [0, 0.1) is 5.41 Å². The normalized spacial score (nSPS) is 11.9. The van der Waals surface area contributed by atoms with E-state index in [0.29, 0.717) is 16.9 Å². The van der Waals surface area contributed by atoms with E-state index in [1.807, 2.05) is 0 Å². The SMILES string of the molecule is CC(OC(=O)c1ccc(NC(=O)c2ccco2)cc1)C(=O)c1ccc(NC(=O)C(C)(C)C)cc1. The van der Waals surface area contributed by atoms with Crippen LogP contribution in [0.1, 0.15) is 59.0 Å². The van der Waals surface area contributed by atoms with Crippen molar-refractivity contribution in [1.82, 2.24) is 0 Å². The molecule has 1 atom stereocenters. The number of benzene rings is 2. The maximum absolute atomic E-state index is 12.7. The van der Waals surface area contributed by atoms with Crippen LogP contribution < -0.4 is 10.6 Å². The van der Waals surface area contributed by atoms with Crippen LogP contribution >= 0.6 is 0 Å². The summed E-state index contributed by atoms with van der Waals surface area (Å²) in [4.78, 5) is 49.2. The van der Waals surface area contributed by atoms with E-state index < -0.39 is 23.4 Å². The lowest BCUT2D eigenvalue weighted by Gasteiger charge is -2.18. The van der Waals surface area contributed by atoms with Gasteiger partial charge in [0.25, 0.3) is 5.91 Å². The maximum Gasteiger partial charge on any atom is 0.338 e. The van der Waals surface area contributed by atoms with Crippen LogP contribution in [0.15, 0.2) is 71.3 Å². The Balaban J connectivity index is 1.56. The lowest BCUT2D eigenvalue weighted by molar-refractivity contribution is -0.123. The molecule has 2 aromatic carbocycles. The molecule has 0 aliphatic carbocycles. The summed E-state index contributed by atoms with van der Waals surface area (Å²) in [6.45, 7) is 6.91. The highest BCUT2D eigenvalue weighted by molar-refractivity contribution is 6.03. The second-order valence-electron chi connectivity index (χ2n) is 8.70. The summed E-state index contributed by atoms with van der Waals surface area (Å²) in [6, 6.07) is 15.6. The number of carbonyl (C=O) groups excluding carboxylic acids is 4. The summed E-state index contributed by atoms with van der Waals surface area (Å²) in [5, 5.41) is 5.44. The molecule has 34 heavy (non-hydrogen) atoms. The molecule has 1 aromatic heterocycles. The van der Waals surface area contributed by atoms with Crippen LogP contribution in [0.4, 0.5) is 11.4 Å². The number of esters is 1. The number of hydrogen-bond acceptors (Lipinski definition) is 6. The molecule has 0 fully saturated rings. The molecule has 3 aromatic rings. The zero-order valence-corrected chi connectivity index (χ0v) is 19.4. The van der Waals surface area contributed by atoms with Crippen molar-refractivity contribution in [2.75, 3.05) is 10.6 Å². The van der Waals surface area contributed by atoms with Crippen molar-refractivity contribution in [2.45, 2.75) is 33.8 Å². The number of ether oxygens (including phenoxy) is 1. The van der Waals surface area contributed by atoms with Gasteiger partial charge in [-0.1, -0.05) is 20.8 Å². The van der Waals surface area contributed by atoms with Gasteiger partial charge in [0.15, 0.2) is 11.9 Å². The zero-order valence-electron chi connectivity index (χ0n) is 19.4. The van der Waals surface area contributed by atoms with Crippen molar-refractivity contribution < 1.29 is 28.3 Å². The topological polar surface area (TPSA) is 115 Å². The Morgan fingerprint density at radius 1 is 0.824 bits per heavy atom. The number of Topliss-reactive ketones (excluding diaryl/α,β-unsaturated/α-hetero) is 1. The van der Waals surface area contributed by atoms with Crippen molar-refractivity contribution in [3.05, 3.63) is 83.8 Å². The number of furan rings is 1.